The smallest absolute Gasteiger partial charge is 0.417 e. The molecule has 2 aromatic rings. The standard InChI is InChI=1S/C18H18ClF3IN3O2/c1-2-14-24-16(23)15-13(25(17(27)28)7-8-26(14)15)6-4-10-3-5-11(12(19)9-10)18(20,21)22/h3,5,9,13H,2,4,6-8H2,1H3,(H,27,28). The molecule has 0 saturated carbocycles. The lowest BCUT2D eigenvalue weighted by molar-refractivity contribution is -0.137. The van der Waals surface area contributed by atoms with E-state index in [1.165, 1.54) is 17.0 Å². The molecule has 0 bridgehead atoms. The lowest BCUT2D eigenvalue weighted by Crippen LogP contribution is -2.42. The van der Waals surface area contributed by atoms with Gasteiger partial charge < -0.3 is 9.67 Å². The van der Waals surface area contributed by atoms with Gasteiger partial charge in [-0.25, -0.2) is 9.78 Å². The first-order valence-corrected chi connectivity index (χ1v) is 10.2. The van der Waals surface area contributed by atoms with E-state index >= 15 is 0 Å². The van der Waals surface area contributed by atoms with Crippen LogP contribution in [0.3, 0.4) is 0 Å². The monoisotopic (exact) mass is 527 g/mol. The zero-order chi connectivity index (χ0) is 20.6. The predicted molar refractivity (Wildman–Crippen MR) is 107 cm³/mol. The Hall–Kier alpha value is -1.49. The lowest BCUT2D eigenvalue weighted by atomic mass is 9.99. The Morgan fingerprint density at radius 2 is 2.11 bits per heavy atom. The SMILES string of the molecule is CCc1nc(I)c2n1CCN(C(=O)O)C2CCc1ccc(C(F)(F)F)c(Cl)c1. The summed E-state index contributed by atoms with van der Waals surface area (Å²) in [5.41, 5.74) is 0.609. The number of aromatic nitrogens is 2. The van der Waals surface area contributed by atoms with E-state index < -0.39 is 23.9 Å². The second kappa shape index (κ2) is 8.10. The van der Waals surface area contributed by atoms with E-state index in [9.17, 15) is 23.1 Å². The largest absolute Gasteiger partial charge is 0.465 e. The number of nitrogens with zero attached hydrogens (tertiary/aromatic N) is 3. The molecule has 0 fully saturated rings. The van der Waals surface area contributed by atoms with Crippen molar-refractivity contribution in [1.82, 2.24) is 14.5 Å². The highest BCUT2D eigenvalue weighted by Crippen LogP contribution is 2.37. The number of hydrogen-bond acceptors (Lipinski definition) is 2. The molecular weight excluding hydrogens is 510 g/mol. The maximum Gasteiger partial charge on any atom is 0.417 e. The van der Waals surface area contributed by atoms with Gasteiger partial charge in [0, 0.05) is 19.5 Å². The summed E-state index contributed by atoms with van der Waals surface area (Å²) in [5.74, 6) is 0.909. The van der Waals surface area contributed by atoms with Crippen LogP contribution in [0.5, 0.6) is 0 Å². The molecule has 1 aliphatic heterocycles. The van der Waals surface area contributed by atoms with Crippen molar-refractivity contribution in [3.63, 3.8) is 0 Å². The summed E-state index contributed by atoms with van der Waals surface area (Å²) in [6, 6.07) is 3.25. The summed E-state index contributed by atoms with van der Waals surface area (Å²) in [5, 5.41) is 9.25. The average Bonchev–Trinajstić information content (AvgIpc) is 2.94. The molecule has 0 aliphatic carbocycles. The average molecular weight is 528 g/mol. The quantitative estimate of drug-likeness (QED) is 0.543. The second-order valence-corrected chi connectivity index (χ2v) is 7.98. The number of aryl methyl sites for hydroxylation is 2. The molecule has 1 N–H and O–H groups in total. The van der Waals surface area contributed by atoms with Gasteiger partial charge in [-0.05, 0) is 53.1 Å². The van der Waals surface area contributed by atoms with Gasteiger partial charge >= 0.3 is 12.3 Å². The van der Waals surface area contributed by atoms with E-state index in [4.69, 9.17) is 11.6 Å². The summed E-state index contributed by atoms with van der Waals surface area (Å²) >= 11 is 7.91. The fourth-order valence-corrected chi connectivity index (χ4v) is 4.84. The van der Waals surface area contributed by atoms with Crippen molar-refractivity contribution in [3.8, 4) is 0 Å². The zero-order valence-electron chi connectivity index (χ0n) is 14.9. The Labute approximate surface area is 178 Å². The Morgan fingerprint density at radius 3 is 2.68 bits per heavy atom. The van der Waals surface area contributed by atoms with E-state index in [0.717, 1.165) is 27.7 Å². The molecule has 0 spiro atoms. The highest BCUT2D eigenvalue weighted by molar-refractivity contribution is 14.1. The molecule has 2 heterocycles. The summed E-state index contributed by atoms with van der Waals surface area (Å²) in [4.78, 5) is 17.7. The van der Waals surface area contributed by atoms with Gasteiger partial charge in [-0.2, -0.15) is 13.2 Å². The highest BCUT2D eigenvalue weighted by Gasteiger charge is 2.35. The van der Waals surface area contributed by atoms with Crippen LogP contribution in [0.25, 0.3) is 0 Å². The first kappa shape index (κ1) is 21.2. The molecule has 28 heavy (non-hydrogen) atoms. The number of benzene rings is 1. The minimum absolute atomic E-state index is 0.347. The first-order valence-electron chi connectivity index (χ1n) is 8.73. The van der Waals surface area contributed by atoms with Crippen molar-refractivity contribution in [2.24, 2.45) is 0 Å². The van der Waals surface area contributed by atoms with Gasteiger partial charge in [-0.1, -0.05) is 24.6 Å². The van der Waals surface area contributed by atoms with Crippen molar-refractivity contribution in [2.75, 3.05) is 6.54 Å². The van der Waals surface area contributed by atoms with Crippen molar-refractivity contribution >= 4 is 40.3 Å². The second-order valence-electron chi connectivity index (χ2n) is 6.55. The normalized spacial score (nSPS) is 16.9. The molecule has 1 aromatic carbocycles. The van der Waals surface area contributed by atoms with E-state index in [2.05, 4.69) is 32.1 Å². The van der Waals surface area contributed by atoms with Gasteiger partial charge in [0.2, 0.25) is 0 Å². The number of imidazole rings is 1. The first-order chi connectivity index (χ1) is 13.1. The fraction of sp³-hybridized carbons (Fsp3) is 0.444. The van der Waals surface area contributed by atoms with Crippen LogP contribution < -0.4 is 0 Å². The molecule has 0 radical (unpaired) electrons. The van der Waals surface area contributed by atoms with Gasteiger partial charge in [0.15, 0.2) is 0 Å². The van der Waals surface area contributed by atoms with Crippen LogP contribution in [0.2, 0.25) is 5.02 Å². The van der Waals surface area contributed by atoms with E-state index in [-0.39, 0.29) is 5.02 Å². The molecule has 1 unspecified atom stereocenters. The molecule has 1 amide bonds. The third-order valence-corrected chi connectivity index (χ3v) is 6.01. The number of rotatable bonds is 4. The molecule has 0 saturated heterocycles. The molecule has 10 heteroatoms. The Bertz CT molecular complexity index is 901. The maximum atomic E-state index is 12.9. The van der Waals surface area contributed by atoms with Crippen molar-refractivity contribution < 1.29 is 23.1 Å². The predicted octanol–water partition coefficient (Wildman–Crippen LogP) is 5.39. The number of amides is 1. The molecule has 1 atom stereocenters. The summed E-state index contributed by atoms with van der Waals surface area (Å²) < 4.78 is 41.4. The fourth-order valence-electron chi connectivity index (χ4n) is 3.60. The van der Waals surface area contributed by atoms with Crippen molar-refractivity contribution in [3.05, 3.63) is 49.6 Å². The number of alkyl halides is 3. The van der Waals surface area contributed by atoms with Crippen LogP contribution in [0.1, 0.15) is 42.0 Å². The number of hydrogen-bond donors (Lipinski definition) is 1. The molecule has 152 valence electrons. The molecular formula is C18H18ClF3IN3O2. The van der Waals surface area contributed by atoms with Crippen LogP contribution >= 0.6 is 34.2 Å². The van der Waals surface area contributed by atoms with Crippen LogP contribution in [-0.2, 0) is 25.6 Å². The Morgan fingerprint density at radius 1 is 1.39 bits per heavy atom. The van der Waals surface area contributed by atoms with Gasteiger partial charge in [0.05, 0.1) is 22.3 Å². The van der Waals surface area contributed by atoms with Crippen LogP contribution in [0.15, 0.2) is 18.2 Å². The van der Waals surface area contributed by atoms with E-state index in [1.807, 2.05) is 6.92 Å². The lowest BCUT2D eigenvalue weighted by Gasteiger charge is -2.35. The van der Waals surface area contributed by atoms with Crippen LogP contribution in [-0.4, -0.2) is 32.2 Å². The van der Waals surface area contributed by atoms with Gasteiger partial charge in [-0.15, -0.1) is 0 Å². The van der Waals surface area contributed by atoms with Crippen molar-refractivity contribution in [1.29, 1.82) is 0 Å². The van der Waals surface area contributed by atoms with Crippen molar-refractivity contribution in [2.45, 2.75) is 44.9 Å². The Kier molecular flexibility index (Phi) is 6.14. The number of carbonyl (C=O) groups is 1. The highest BCUT2D eigenvalue weighted by atomic mass is 127. The number of carboxylic acid groups (broad SMARTS) is 1. The molecule has 1 aromatic heterocycles. The molecule has 1 aliphatic rings. The summed E-state index contributed by atoms with van der Waals surface area (Å²) in [6.45, 7) is 2.89. The maximum absolute atomic E-state index is 12.9. The zero-order valence-corrected chi connectivity index (χ0v) is 17.8. The Balaban J connectivity index is 1.87. The van der Waals surface area contributed by atoms with Gasteiger partial charge in [-0.3, -0.25) is 4.90 Å². The van der Waals surface area contributed by atoms with Gasteiger partial charge in [0.25, 0.3) is 0 Å². The third kappa shape index (κ3) is 4.10. The molecule has 5 nitrogen and oxygen atoms in total. The minimum Gasteiger partial charge on any atom is -0.465 e. The number of fused-ring (bicyclic) bond motifs is 1. The number of halogens is 5. The van der Waals surface area contributed by atoms with E-state index in [1.54, 1.807) is 0 Å². The minimum atomic E-state index is -4.50. The van der Waals surface area contributed by atoms with Crippen LogP contribution in [0.4, 0.5) is 18.0 Å². The van der Waals surface area contributed by atoms with E-state index in [0.29, 0.717) is 31.5 Å². The third-order valence-electron chi connectivity index (χ3n) is 4.90. The topological polar surface area (TPSA) is 58.4 Å². The summed E-state index contributed by atoms with van der Waals surface area (Å²) in [7, 11) is 0. The summed E-state index contributed by atoms with van der Waals surface area (Å²) in [6.07, 6.45) is -3.95. The molecule has 3 rings (SSSR count). The van der Waals surface area contributed by atoms with Crippen LogP contribution in [0, 0.1) is 3.70 Å². The van der Waals surface area contributed by atoms with Gasteiger partial charge in [0.1, 0.15) is 9.53 Å².